The molecule has 152 valence electrons. The van der Waals surface area contributed by atoms with Crippen LogP contribution < -0.4 is 10.4 Å². The third-order valence-electron chi connectivity index (χ3n) is 4.68. The Labute approximate surface area is 165 Å². The predicted molar refractivity (Wildman–Crippen MR) is 108 cm³/mol. The zero-order valence-electron chi connectivity index (χ0n) is 16.9. The Morgan fingerprint density at radius 3 is 2.57 bits per heavy atom. The maximum absolute atomic E-state index is 11.5. The van der Waals surface area contributed by atoms with Crippen LogP contribution in [0, 0.1) is 6.92 Å². The molecular weight excluding hydrogens is 360 g/mol. The van der Waals surface area contributed by atoms with E-state index >= 15 is 0 Å². The monoisotopic (exact) mass is 388 g/mol. The molecule has 0 bridgehead atoms. The number of aliphatic hydroxyl groups is 2. The number of hydrogen-bond donors (Lipinski definition) is 2. The quantitative estimate of drug-likeness (QED) is 0.729. The molecule has 3 atom stereocenters. The summed E-state index contributed by atoms with van der Waals surface area (Å²) in [4.78, 5) is 11.5. The Hall–Kier alpha value is -2.41. The van der Waals surface area contributed by atoms with Crippen LogP contribution in [-0.4, -0.2) is 41.2 Å². The van der Waals surface area contributed by atoms with E-state index in [1.807, 2.05) is 32.1 Å². The molecule has 6 heteroatoms. The van der Waals surface area contributed by atoms with Gasteiger partial charge in [-0.1, -0.05) is 36.0 Å². The molecule has 6 nitrogen and oxygen atoms in total. The van der Waals surface area contributed by atoms with Crippen LogP contribution >= 0.6 is 0 Å². The van der Waals surface area contributed by atoms with E-state index in [9.17, 15) is 15.0 Å². The van der Waals surface area contributed by atoms with E-state index in [1.165, 1.54) is 13.2 Å². The van der Waals surface area contributed by atoms with Crippen molar-refractivity contribution in [3.8, 4) is 5.75 Å². The summed E-state index contributed by atoms with van der Waals surface area (Å²) < 4.78 is 15.9. The SMILES string of the molecule is COc1cc(=O)oc(C=CC=CC=CC(C)=CC2(C)OCC(C)(O)C2O)c1C. The van der Waals surface area contributed by atoms with Gasteiger partial charge < -0.3 is 24.1 Å². The van der Waals surface area contributed by atoms with Gasteiger partial charge in [0.1, 0.15) is 28.8 Å². The van der Waals surface area contributed by atoms with Gasteiger partial charge in [-0.3, -0.25) is 0 Å². The lowest BCUT2D eigenvalue weighted by atomic mass is 9.88. The number of aliphatic hydroxyl groups excluding tert-OH is 1. The minimum absolute atomic E-state index is 0.0860. The third-order valence-corrected chi connectivity index (χ3v) is 4.68. The first kappa shape index (κ1) is 21.9. The molecule has 3 unspecified atom stereocenters. The van der Waals surface area contributed by atoms with Crippen LogP contribution in [-0.2, 0) is 4.74 Å². The van der Waals surface area contributed by atoms with Crippen LogP contribution in [0.15, 0.2) is 57.3 Å². The lowest BCUT2D eigenvalue weighted by Gasteiger charge is -2.27. The van der Waals surface area contributed by atoms with Crippen molar-refractivity contribution < 1.29 is 24.1 Å². The summed E-state index contributed by atoms with van der Waals surface area (Å²) in [5.74, 6) is 0.936. The largest absolute Gasteiger partial charge is 0.496 e. The van der Waals surface area contributed by atoms with Gasteiger partial charge in [-0.15, -0.1) is 0 Å². The fourth-order valence-electron chi connectivity index (χ4n) is 3.10. The lowest BCUT2D eigenvalue weighted by molar-refractivity contribution is -0.0497. The van der Waals surface area contributed by atoms with Gasteiger partial charge in [0.15, 0.2) is 0 Å². The summed E-state index contributed by atoms with van der Waals surface area (Å²) in [5.41, 5.74) is -1.01. The number of ether oxygens (including phenoxy) is 2. The summed E-state index contributed by atoms with van der Waals surface area (Å²) in [5, 5.41) is 20.3. The van der Waals surface area contributed by atoms with E-state index in [1.54, 1.807) is 38.2 Å². The highest BCUT2D eigenvalue weighted by Crippen LogP contribution is 2.35. The molecule has 2 heterocycles. The van der Waals surface area contributed by atoms with Gasteiger partial charge in [-0.25, -0.2) is 4.79 Å². The second kappa shape index (κ2) is 8.73. The first-order chi connectivity index (χ1) is 13.1. The van der Waals surface area contributed by atoms with Crippen molar-refractivity contribution in [3.05, 3.63) is 69.8 Å². The summed E-state index contributed by atoms with van der Waals surface area (Å²) in [6.45, 7) is 7.10. The predicted octanol–water partition coefficient (Wildman–Crippen LogP) is 2.93. The molecule has 1 fully saturated rings. The number of methoxy groups -OCH3 is 1. The fraction of sp³-hybridized carbons (Fsp3) is 0.409. The molecule has 0 amide bonds. The van der Waals surface area contributed by atoms with Gasteiger partial charge in [0, 0.05) is 5.56 Å². The average Bonchev–Trinajstić information content (AvgIpc) is 2.83. The second-order valence-electron chi connectivity index (χ2n) is 7.35. The van der Waals surface area contributed by atoms with Crippen LogP contribution in [0.25, 0.3) is 6.08 Å². The highest BCUT2D eigenvalue weighted by Gasteiger charge is 2.51. The molecule has 1 aliphatic heterocycles. The fourth-order valence-corrected chi connectivity index (χ4v) is 3.10. The molecule has 0 aromatic carbocycles. The van der Waals surface area contributed by atoms with Crippen molar-refractivity contribution >= 4 is 6.08 Å². The van der Waals surface area contributed by atoms with Crippen molar-refractivity contribution in [1.29, 1.82) is 0 Å². The smallest absolute Gasteiger partial charge is 0.339 e. The second-order valence-corrected chi connectivity index (χ2v) is 7.35. The van der Waals surface area contributed by atoms with Crippen molar-refractivity contribution in [2.75, 3.05) is 13.7 Å². The first-order valence-electron chi connectivity index (χ1n) is 9.03. The average molecular weight is 388 g/mol. The van der Waals surface area contributed by atoms with E-state index in [0.29, 0.717) is 11.5 Å². The van der Waals surface area contributed by atoms with Crippen LogP contribution in [0.3, 0.4) is 0 Å². The molecular formula is C22H28O6. The van der Waals surface area contributed by atoms with Crippen LogP contribution in [0.1, 0.15) is 32.1 Å². The first-order valence-corrected chi connectivity index (χ1v) is 9.03. The molecule has 0 radical (unpaired) electrons. The summed E-state index contributed by atoms with van der Waals surface area (Å²) >= 11 is 0. The molecule has 0 saturated carbocycles. The highest BCUT2D eigenvalue weighted by atomic mass is 16.5. The molecule has 2 rings (SSSR count). The molecule has 1 aromatic heterocycles. The number of allylic oxidation sites excluding steroid dienone is 6. The van der Waals surface area contributed by atoms with E-state index in [0.717, 1.165) is 11.1 Å². The number of rotatable bonds is 6. The number of hydrogen-bond acceptors (Lipinski definition) is 6. The van der Waals surface area contributed by atoms with Crippen LogP contribution in [0.5, 0.6) is 5.75 Å². The molecule has 1 aliphatic rings. The van der Waals surface area contributed by atoms with Crippen molar-refractivity contribution in [2.45, 2.75) is 45.0 Å². The molecule has 1 saturated heterocycles. The van der Waals surface area contributed by atoms with Gasteiger partial charge in [-0.2, -0.15) is 0 Å². The zero-order valence-corrected chi connectivity index (χ0v) is 16.9. The molecule has 0 aliphatic carbocycles. The van der Waals surface area contributed by atoms with Gasteiger partial charge in [0.2, 0.25) is 0 Å². The standard InChI is InChI=1S/C22H28O6/c1-15(13-22(4)20(24)21(3,25)14-27-22)10-8-6-7-9-11-17-16(2)18(26-5)12-19(23)28-17/h6-13,20,24-25H,14H2,1-5H3. The van der Waals surface area contributed by atoms with Crippen molar-refractivity contribution in [3.63, 3.8) is 0 Å². The summed E-state index contributed by atoms with van der Waals surface area (Å²) in [6, 6.07) is 1.31. The zero-order chi connectivity index (χ0) is 20.9. The van der Waals surface area contributed by atoms with Gasteiger partial charge in [0.05, 0.1) is 19.8 Å². The Balaban J connectivity index is 2.01. The highest BCUT2D eigenvalue weighted by molar-refractivity contribution is 5.52. The van der Waals surface area contributed by atoms with E-state index in [-0.39, 0.29) is 6.61 Å². The maximum atomic E-state index is 11.5. The van der Waals surface area contributed by atoms with Crippen LogP contribution in [0.2, 0.25) is 0 Å². The Kier molecular flexibility index (Phi) is 6.82. The Morgan fingerprint density at radius 2 is 1.96 bits per heavy atom. The minimum Gasteiger partial charge on any atom is -0.496 e. The molecule has 1 aromatic rings. The maximum Gasteiger partial charge on any atom is 0.339 e. The Bertz CT molecular complexity index is 872. The lowest BCUT2D eigenvalue weighted by Crippen LogP contribution is -2.45. The van der Waals surface area contributed by atoms with Crippen molar-refractivity contribution in [1.82, 2.24) is 0 Å². The molecule has 2 N–H and O–H groups in total. The van der Waals surface area contributed by atoms with Crippen molar-refractivity contribution in [2.24, 2.45) is 0 Å². The normalized spacial score (nSPS) is 28.8. The summed E-state index contributed by atoms with van der Waals surface area (Å²) in [6.07, 6.45) is 11.6. The van der Waals surface area contributed by atoms with Gasteiger partial charge in [-0.05, 0) is 39.8 Å². The van der Waals surface area contributed by atoms with Gasteiger partial charge >= 0.3 is 5.63 Å². The summed E-state index contributed by atoms with van der Waals surface area (Å²) in [7, 11) is 1.51. The van der Waals surface area contributed by atoms with E-state index in [2.05, 4.69) is 0 Å². The topological polar surface area (TPSA) is 89.1 Å². The van der Waals surface area contributed by atoms with Gasteiger partial charge in [0.25, 0.3) is 0 Å². The Morgan fingerprint density at radius 1 is 1.29 bits per heavy atom. The van der Waals surface area contributed by atoms with Crippen LogP contribution in [0.4, 0.5) is 0 Å². The molecule has 28 heavy (non-hydrogen) atoms. The van der Waals surface area contributed by atoms with E-state index < -0.39 is 22.9 Å². The molecule has 0 spiro atoms. The van der Waals surface area contributed by atoms with E-state index in [4.69, 9.17) is 13.9 Å². The third kappa shape index (κ3) is 5.10. The minimum atomic E-state index is -1.26.